The van der Waals surface area contributed by atoms with Crippen LogP contribution in [0.4, 0.5) is 0 Å². The van der Waals surface area contributed by atoms with Gasteiger partial charge in [-0.15, -0.1) is 0 Å². The zero-order chi connectivity index (χ0) is 19.9. The van der Waals surface area contributed by atoms with Gasteiger partial charge in [-0.25, -0.2) is 8.42 Å². The zero-order valence-electron chi connectivity index (χ0n) is 15.1. The molecule has 0 radical (unpaired) electrons. The first-order chi connectivity index (χ1) is 13.4. The summed E-state index contributed by atoms with van der Waals surface area (Å²) in [5, 5.41) is 14.9. The fourth-order valence-corrected chi connectivity index (χ4v) is 5.16. The normalized spacial score (nSPS) is 16.4. The molecule has 1 aliphatic rings. The molecular weight excluding hydrogens is 374 g/mol. The van der Waals surface area contributed by atoms with Crippen LogP contribution in [0.3, 0.4) is 0 Å². The molecule has 3 aromatic rings. The molecule has 1 unspecified atom stereocenters. The first-order valence-corrected chi connectivity index (χ1v) is 10.4. The Morgan fingerprint density at radius 3 is 2.43 bits per heavy atom. The van der Waals surface area contributed by atoms with Gasteiger partial charge >= 0.3 is 0 Å². The van der Waals surface area contributed by atoms with Gasteiger partial charge in [-0.3, -0.25) is 9.89 Å². The van der Waals surface area contributed by atoms with Crippen LogP contribution < -0.4 is 0 Å². The molecular formula is C21H17N3O3S. The Morgan fingerprint density at radius 2 is 1.79 bits per heavy atom. The van der Waals surface area contributed by atoms with Gasteiger partial charge in [0, 0.05) is 11.3 Å². The summed E-state index contributed by atoms with van der Waals surface area (Å²) >= 11 is 0. The van der Waals surface area contributed by atoms with Gasteiger partial charge in [0.25, 0.3) is 0 Å². The van der Waals surface area contributed by atoms with Crippen LogP contribution in [0.15, 0.2) is 53.4 Å². The molecule has 7 heteroatoms. The van der Waals surface area contributed by atoms with E-state index < -0.39 is 20.9 Å². The summed E-state index contributed by atoms with van der Waals surface area (Å²) in [5.41, 5.74) is 3.52. The molecule has 140 valence electrons. The zero-order valence-corrected chi connectivity index (χ0v) is 16.0. The number of fused-ring (bicyclic) bond motifs is 1. The van der Waals surface area contributed by atoms with Crippen LogP contribution in [-0.4, -0.2) is 29.6 Å². The molecule has 4 rings (SSSR count). The molecule has 0 spiro atoms. The lowest BCUT2D eigenvalue weighted by Crippen LogP contribution is -2.35. The van der Waals surface area contributed by atoms with Crippen molar-refractivity contribution in [2.45, 2.75) is 29.9 Å². The van der Waals surface area contributed by atoms with Gasteiger partial charge in [0.2, 0.25) is 0 Å². The SMILES string of the molecule is Cc1ccc(S(=O)(=O)C2CCc3[nH]nc(-c4ccc(C#N)cc4)c3C2=O)cc1. The number of aryl methyl sites for hydroxylation is 2. The molecule has 1 aromatic heterocycles. The highest BCUT2D eigenvalue weighted by Crippen LogP contribution is 2.34. The van der Waals surface area contributed by atoms with Crippen LogP contribution in [0.1, 0.15) is 33.6 Å². The predicted molar refractivity (Wildman–Crippen MR) is 104 cm³/mol. The maximum atomic E-state index is 13.2. The number of nitrogens with one attached hydrogen (secondary N) is 1. The van der Waals surface area contributed by atoms with Gasteiger partial charge in [0.1, 0.15) is 10.9 Å². The topological polar surface area (TPSA) is 104 Å². The summed E-state index contributed by atoms with van der Waals surface area (Å²) in [7, 11) is -3.79. The minimum atomic E-state index is -3.79. The molecule has 1 aliphatic carbocycles. The molecule has 6 nitrogen and oxygen atoms in total. The van der Waals surface area contributed by atoms with Gasteiger partial charge in [0.15, 0.2) is 15.6 Å². The van der Waals surface area contributed by atoms with Gasteiger partial charge in [-0.2, -0.15) is 10.4 Å². The molecule has 0 aliphatic heterocycles. The molecule has 1 heterocycles. The number of hydrogen-bond acceptors (Lipinski definition) is 5. The van der Waals surface area contributed by atoms with E-state index in [-0.39, 0.29) is 11.3 Å². The van der Waals surface area contributed by atoms with Crippen molar-refractivity contribution in [1.82, 2.24) is 10.2 Å². The molecule has 0 bridgehead atoms. The largest absolute Gasteiger partial charge is 0.293 e. The summed E-state index contributed by atoms with van der Waals surface area (Å²) in [6, 6.07) is 15.3. The number of sulfone groups is 1. The van der Waals surface area contributed by atoms with E-state index in [1.165, 1.54) is 0 Å². The second-order valence-electron chi connectivity index (χ2n) is 6.86. The standard InChI is InChI=1S/C21H17N3O3S/c1-13-2-8-16(9-3-13)28(26,27)18-11-10-17-19(21(18)25)20(24-23-17)15-6-4-14(12-22)5-7-15/h2-9,18H,10-11H2,1H3,(H,23,24). The highest BCUT2D eigenvalue weighted by Gasteiger charge is 2.40. The molecule has 0 saturated heterocycles. The van der Waals surface area contributed by atoms with Gasteiger partial charge < -0.3 is 0 Å². The Bertz CT molecular complexity index is 1200. The average molecular weight is 391 g/mol. The number of nitrogens with zero attached hydrogens (tertiary/aromatic N) is 2. The van der Waals surface area contributed by atoms with Crippen LogP contribution in [0.25, 0.3) is 11.3 Å². The summed E-state index contributed by atoms with van der Waals surface area (Å²) in [4.78, 5) is 13.3. The number of ketones is 1. The second-order valence-corrected chi connectivity index (χ2v) is 9.00. The third-order valence-corrected chi connectivity index (χ3v) is 7.18. The van der Waals surface area contributed by atoms with Crippen molar-refractivity contribution in [3.63, 3.8) is 0 Å². The Morgan fingerprint density at radius 1 is 1.11 bits per heavy atom. The van der Waals surface area contributed by atoms with E-state index >= 15 is 0 Å². The van der Waals surface area contributed by atoms with Crippen molar-refractivity contribution in [1.29, 1.82) is 5.26 Å². The fourth-order valence-electron chi connectivity index (χ4n) is 3.49. The Hall–Kier alpha value is -3.24. The van der Waals surface area contributed by atoms with Crippen LogP contribution in [0.2, 0.25) is 0 Å². The molecule has 0 fully saturated rings. The van der Waals surface area contributed by atoms with E-state index in [2.05, 4.69) is 10.2 Å². The van der Waals surface area contributed by atoms with Crippen molar-refractivity contribution in [2.75, 3.05) is 0 Å². The number of Topliss-reactive ketones (excluding diaryl/α,β-unsaturated/α-hetero) is 1. The first-order valence-electron chi connectivity index (χ1n) is 8.84. The van der Waals surface area contributed by atoms with E-state index in [9.17, 15) is 13.2 Å². The number of H-pyrrole nitrogens is 1. The third kappa shape index (κ3) is 2.92. The molecule has 28 heavy (non-hydrogen) atoms. The van der Waals surface area contributed by atoms with Crippen molar-refractivity contribution < 1.29 is 13.2 Å². The van der Waals surface area contributed by atoms with Crippen molar-refractivity contribution in [2.24, 2.45) is 0 Å². The van der Waals surface area contributed by atoms with E-state index in [4.69, 9.17) is 5.26 Å². The summed E-state index contributed by atoms with van der Waals surface area (Å²) < 4.78 is 26.2. The summed E-state index contributed by atoms with van der Waals surface area (Å²) in [6.07, 6.45) is 0.650. The molecule has 0 amide bonds. The number of hydrogen-bond donors (Lipinski definition) is 1. The van der Waals surface area contributed by atoms with Crippen molar-refractivity contribution >= 4 is 15.6 Å². The smallest absolute Gasteiger partial charge is 0.188 e. The summed E-state index contributed by atoms with van der Waals surface area (Å²) in [6.45, 7) is 1.88. The molecule has 0 saturated carbocycles. The predicted octanol–water partition coefficient (Wildman–Crippen LogP) is 3.23. The second kappa shape index (κ2) is 6.73. The fraction of sp³-hybridized carbons (Fsp3) is 0.190. The number of aromatic amines is 1. The van der Waals surface area contributed by atoms with E-state index in [0.717, 1.165) is 5.56 Å². The number of aromatic nitrogens is 2. The maximum Gasteiger partial charge on any atom is 0.188 e. The Labute approximate surface area is 162 Å². The van der Waals surface area contributed by atoms with Crippen molar-refractivity contribution in [3.05, 3.63) is 70.9 Å². The lowest BCUT2D eigenvalue weighted by molar-refractivity contribution is 0.0977. The number of carbonyl (C=O) groups is 1. The van der Waals surface area contributed by atoms with E-state index in [1.807, 2.05) is 13.0 Å². The van der Waals surface area contributed by atoms with Crippen LogP contribution in [-0.2, 0) is 16.3 Å². The lowest BCUT2D eigenvalue weighted by atomic mass is 9.92. The van der Waals surface area contributed by atoms with E-state index in [1.54, 1.807) is 48.5 Å². The van der Waals surface area contributed by atoms with Crippen LogP contribution in [0.5, 0.6) is 0 Å². The summed E-state index contributed by atoms with van der Waals surface area (Å²) in [5.74, 6) is -0.435. The quantitative estimate of drug-likeness (QED) is 0.738. The van der Waals surface area contributed by atoms with Crippen LogP contribution in [0, 0.1) is 18.3 Å². The van der Waals surface area contributed by atoms with Gasteiger partial charge in [-0.05, 0) is 44.0 Å². The number of rotatable bonds is 3. The maximum absolute atomic E-state index is 13.2. The highest BCUT2D eigenvalue weighted by molar-refractivity contribution is 7.92. The Balaban J connectivity index is 1.75. The monoisotopic (exact) mass is 391 g/mol. The molecule has 1 atom stereocenters. The third-order valence-electron chi connectivity index (χ3n) is 5.05. The lowest BCUT2D eigenvalue weighted by Gasteiger charge is -2.21. The van der Waals surface area contributed by atoms with Crippen molar-refractivity contribution in [3.8, 4) is 17.3 Å². The Kier molecular flexibility index (Phi) is 4.36. The van der Waals surface area contributed by atoms with E-state index in [0.29, 0.717) is 34.5 Å². The van der Waals surface area contributed by atoms with Gasteiger partial charge in [-0.1, -0.05) is 29.8 Å². The number of benzene rings is 2. The number of nitriles is 1. The first kappa shape index (κ1) is 18.1. The minimum Gasteiger partial charge on any atom is -0.293 e. The molecule has 2 aromatic carbocycles. The minimum absolute atomic E-state index is 0.156. The number of carbonyl (C=O) groups excluding carboxylic acids is 1. The average Bonchev–Trinajstić information content (AvgIpc) is 3.13. The van der Waals surface area contributed by atoms with Crippen LogP contribution >= 0.6 is 0 Å². The molecule has 1 N–H and O–H groups in total. The van der Waals surface area contributed by atoms with Gasteiger partial charge in [0.05, 0.1) is 22.1 Å². The highest BCUT2D eigenvalue weighted by atomic mass is 32.2.